The molecule has 1 saturated heterocycles. The highest BCUT2D eigenvalue weighted by Gasteiger charge is 2.26. The van der Waals surface area contributed by atoms with E-state index in [9.17, 15) is 14.6 Å². The predicted octanol–water partition coefficient (Wildman–Crippen LogP) is 6.53. The maximum absolute atomic E-state index is 12.2. The van der Waals surface area contributed by atoms with Crippen molar-refractivity contribution < 1.29 is 28.3 Å². The van der Waals surface area contributed by atoms with Crippen LogP contribution >= 0.6 is 7.60 Å². The summed E-state index contributed by atoms with van der Waals surface area (Å²) in [6.07, 6.45) is 22.4. The summed E-state index contributed by atoms with van der Waals surface area (Å²) < 4.78 is 23.8. The summed E-state index contributed by atoms with van der Waals surface area (Å²) in [4.78, 5) is 14.1. The lowest BCUT2D eigenvalue weighted by molar-refractivity contribution is -0.868. The van der Waals surface area contributed by atoms with Gasteiger partial charge in [-0.1, -0.05) is 103 Å². The summed E-state index contributed by atoms with van der Waals surface area (Å²) in [6.45, 7) is 4.95. The third-order valence-electron chi connectivity index (χ3n) is 7.68. The van der Waals surface area contributed by atoms with E-state index < -0.39 is 14.0 Å². The molecule has 0 amide bonds. The number of rotatable bonds is 25. The van der Waals surface area contributed by atoms with Crippen molar-refractivity contribution in [3.63, 3.8) is 0 Å². The highest BCUT2D eigenvalue weighted by atomic mass is 31.2. The van der Waals surface area contributed by atoms with Gasteiger partial charge in [0.1, 0.15) is 7.60 Å². The lowest BCUT2D eigenvalue weighted by Gasteiger charge is -2.36. The van der Waals surface area contributed by atoms with Crippen LogP contribution in [0.1, 0.15) is 122 Å². The van der Waals surface area contributed by atoms with Crippen LogP contribution in [0.4, 0.5) is 0 Å². The molecule has 1 rings (SSSR count). The van der Waals surface area contributed by atoms with Gasteiger partial charge in [0.2, 0.25) is 6.41 Å². The third kappa shape index (κ3) is 20.8. The van der Waals surface area contributed by atoms with E-state index in [1.807, 2.05) is 26.0 Å². The predicted molar refractivity (Wildman–Crippen MR) is 157 cm³/mol. The lowest BCUT2D eigenvalue weighted by atomic mass is 9.99. The van der Waals surface area contributed by atoms with Crippen LogP contribution in [-0.4, -0.2) is 81.1 Å². The molecule has 7 nitrogen and oxygen atoms in total. The number of hydrogen-bond acceptors (Lipinski definition) is 6. The van der Waals surface area contributed by atoms with Crippen LogP contribution in [0, 0.1) is 5.92 Å². The molecule has 3 atom stereocenters. The summed E-state index contributed by atoms with van der Waals surface area (Å²) in [5, 5.41) is 10.5. The molecular formula is C30H63N2O5P. The van der Waals surface area contributed by atoms with E-state index in [1.54, 1.807) is 0 Å². The minimum absolute atomic E-state index is 0.0536. The van der Waals surface area contributed by atoms with Gasteiger partial charge in [0, 0.05) is 13.1 Å². The highest BCUT2D eigenvalue weighted by molar-refractivity contribution is 7.51. The van der Waals surface area contributed by atoms with Gasteiger partial charge in [-0.05, 0) is 25.2 Å². The number of nitrogens with zero attached hydrogens (tertiary/aromatic N) is 2. The molecule has 0 aliphatic carbocycles. The van der Waals surface area contributed by atoms with Gasteiger partial charge in [0.15, 0.2) is 0 Å². The van der Waals surface area contributed by atoms with E-state index in [2.05, 4.69) is 6.92 Å². The summed E-state index contributed by atoms with van der Waals surface area (Å²) in [5.41, 5.74) is 0. The monoisotopic (exact) mass is 562 g/mol. The zero-order valence-electron chi connectivity index (χ0n) is 25.5. The van der Waals surface area contributed by atoms with E-state index in [4.69, 9.17) is 9.26 Å². The summed E-state index contributed by atoms with van der Waals surface area (Å²) >= 11 is 0. The zero-order valence-corrected chi connectivity index (χ0v) is 26.4. The first-order chi connectivity index (χ1) is 18.1. The fourth-order valence-electron chi connectivity index (χ4n) is 5.08. The van der Waals surface area contributed by atoms with Crippen molar-refractivity contribution in [3.8, 4) is 0 Å². The molecule has 1 aliphatic rings. The topological polar surface area (TPSA) is 82.1 Å². The number of unbranched alkanes of at least 4 members (excludes halogenated alkanes) is 15. The normalized spacial score (nSPS) is 19.5. The van der Waals surface area contributed by atoms with Gasteiger partial charge in [-0.15, -0.1) is 0 Å². The fraction of sp³-hybridized carbons (Fsp3) is 1.00. The number of hydrogen-bond donors (Lipinski definition) is 1. The van der Waals surface area contributed by atoms with Gasteiger partial charge in [0.25, 0.3) is 0 Å². The SMILES string of the molecule is CCCCCCCCCCCCCCCCCCOC(O)N1CCCC(COP(=O)([O-])CC[N+](C)(C)C)C1. The van der Waals surface area contributed by atoms with Gasteiger partial charge in [-0.3, -0.25) is 4.90 Å². The average molecular weight is 563 g/mol. The Morgan fingerprint density at radius 2 is 1.39 bits per heavy atom. The molecule has 1 fully saturated rings. The van der Waals surface area contributed by atoms with E-state index in [0.717, 1.165) is 32.2 Å². The van der Waals surface area contributed by atoms with Crippen molar-refractivity contribution in [3.05, 3.63) is 0 Å². The van der Waals surface area contributed by atoms with Crippen LogP contribution in [0.25, 0.3) is 0 Å². The molecule has 0 spiro atoms. The lowest BCUT2D eigenvalue weighted by Crippen LogP contribution is -2.45. The molecular weight excluding hydrogens is 499 g/mol. The molecule has 0 aromatic heterocycles. The molecule has 0 radical (unpaired) electrons. The van der Waals surface area contributed by atoms with Crippen LogP contribution in [-0.2, 0) is 13.8 Å². The Morgan fingerprint density at radius 3 is 1.89 bits per heavy atom. The van der Waals surface area contributed by atoms with Crippen LogP contribution in [0.15, 0.2) is 0 Å². The second kappa shape index (κ2) is 21.7. The molecule has 38 heavy (non-hydrogen) atoms. The number of ether oxygens (including phenoxy) is 1. The maximum Gasteiger partial charge on any atom is 0.216 e. The van der Waals surface area contributed by atoms with E-state index in [0.29, 0.717) is 24.2 Å². The minimum Gasteiger partial charge on any atom is -0.778 e. The summed E-state index contributed by atoms with van der Waals surface area (Å²) in [5.74, 6) is 0.101. The van der Waals surface area contributed by atoms with E-state index in [-0.39, 0.29) is 18.7 Å². The molecule has 3 unspecified atom stereocenters. The molecule has 1 aliphatic heterocycles. The van der Waals surface area contributed by atoms with Crippen LogP contribution in [0.5, 0.6) is 0 Å². The number of aliphatic hydroxyl groups excluding tert-OH is 1. The zero-order chi connectivity index (χ0) is 28.1. The Bertz CT molecular complexity index is 602. The standard InChI is InChI=1S/C30H63N2O5P/c1-5-6-7-8-9-10-11-12-13-14-15-16-17-18-19-20-25-36-30(33)31-23-21-22-29(27-31)28-37-38(34,35)26-24-32(2,3)4/h29-30,33H,5-28H2,1-4H3. The van der Waals surface area contributed by atoms with Crippen molar-refractivity contribution in [2.24, 2.45) is 5.92 Å². The largest absolute Gasteiger partial charge is 0.778 e. The molecule has 0 bridgehead atoms. The molecule has 1 heterocycles. The van der Waals surface area contributed by atoms with Crippen molar-refractivity contribution in [2.75, 3.05) is 60.2 Å². The maximum atomic E-state index is 12.2. The third-order valence-corrected chi connectivity index (χ3v) is 8.97. The van der Waals surface area contributed by atoms with Crippen molar-refractivity contribution in [1.82, 2.24) is 4.90 Å². The van der Waals surface area contributed by atoms with Gasteiger partial charge < -0.3 is 28.3 Å². The quantitative estimate of drug-likeness (QED) is 0.0590. The number of likely N-dealkylation sites (tertiary alicyclic amines) is 1. The number of piperidine rings is 1. The summed E-state index contributed by atoms with van der Waals surface area (Å²) in [6, 6.07) is 0. The Labute approximate surface area is 235 Å². The Kier molecular flexibility index (Phi) is 20.6. The van der Waals surface area contributed by atoms with Crippen molar-refractivity contribution in [2.45, 2.75) is 129 Å². The van der Waals surface area contributed by atoms with Gasteiger partial charge >= 0.3 is 0 Å². The molecule has 1 N–H and O–H groups in total. The number of aliphatic hydroxyl groups is 1. The van der Waals surface area contributed by atoms with Gasteiger partial charge in [-0.2, -0.15) is 0 Å². The average Bonchev–Trinajstić information content (AvgIpc) is 2.88. The molecule has 0 saturated carbocycles. The van der Waals surface area contributed by atoms with Crippen LogP contribution in [0.3, 0.4) is 0 Å². The van der Waals surface area contributed by atoms with Crippen molar-refractivity contribution in [1.29, 1.82) is 0 Å². The first-order valence-electron chi connectivity index (χ1n) is 15.9. The van der Waals surface area contributed by atoms with E-state index in [1.165, 1.54) is 89.9 Å². The second-order valence-corrected chi connectivity index (χ2v) is 14.6. The molecule has 8 heteroatoms. The van der Waals surface area contributed by atoms with Crippen molar-refractivity contribution >= 4 is 7.60 Å². The Balaban J connectivity index is 1.98. The Morgan fingerprint density at radius 1 is 0.895 bits per heavy atom. The van der Waals surface area contributed by atoms with Crippen LogP contribution in [0.2, 0.25) is 0 Å². The molecule has 0 aromatic carbocycles. The van der Waals surface area contributed by atoms with Crippen LogP contribution < -0.4 is 4.89 Å². The second-order valence-electron chi connectivity index (χ2n) is 12.6. The molecule has 0 aromatic rings. The molecule has 228 valence electrons. The van der Waals surface area contributed by atoms with Gasteiger partial charge in [-0.25, -0.2) is 0 Å². The minimum atomic E-state index is -3.83. The first kappa shape index (κ1) is 36.0. The Hall–Kier alpha value is -0.0100. The number of quaternary nitrogens is 1. The van der Waals surface area contributed by atoms with Gasteiger partial charge in [0.05, 0.1) is 47.1 Å². The van der Waals surface area contributed by atoms with E-state index >= 15 is 0 Å². The highest BCUT2D eigenvalue weighted by Crippen LogP contribution is 2.38. The smallest absolute Gasteiger partial charge is 0.216 e. The first-order valence-corrected chi connectivity index (χ1v) is 17.6. The fourth-order valence-corrected chi connectivity index (χ4v) is 6.50. The summed E-state index contributed by atoms with van der Waals surface area (Å²) in [7, 11) is 2.09.